The highest BCUT2D eigenvalue weighted by Gasteiger charge is 2.14. The van der Waals surface area contributed by atoms with Crippen LogP contribution in [0.25, 0.3) is 5.65 Å². The van der Waals surface area contributed by atoms with E-state index >= 15 is 0 Å². The fourth-order valence-corrected chi connectivity index (χ4v) is 3.37. The second-order valence-electron chi connectivity index (χ2n) is 6.52. The van der Waals surface area contributed by atoms with Gasteiger partial charge in [-0.15, -0.1) is 0 Å². The predicted octanol–water partition coefficient (Wildman–Crippen LogP) is 3.59. The Morgan fingerprint density at radius 1 is 1.08 bits per heavy atom. The van der Waals surface area contributed by atoms with E-state index < -0.39 is 0 Å². The summed E-state index contributed by atoms with van der Waals surface area (Å²) in [7, 11) is 0. The van der Waals surface area contributed by atoms with Gasteiger partial charge in [-0.05, 0) is 24.0 Å². The first-order valence-corrected chi connectivity index (χ1v) is 8.96. The number of nitrogens with one attached hydrogen (secondary N) is 1. The Labute approximate surface area is 147 Å². The third-order valence-electron chi connectivity index (χ3n) is 4.79. The molecular formula is C19H23N5O. The van der Waals surface area contributed by atoms with Gasteiger partial charge in [-0.25, -0.2) is 4.98 Å². The summed E-state index contributed by atoms with van der Waals surface area (Å²) in [4.78, 5) is 8.37. The molecule has 130 valence electrons. The minimum absolute atomic E-state index is 0.419. The maximum atomic E-state index is 6.15. The van der Waals surface area contributed by atoms with Crippen LogP contribution in [0.15, 0.2) is 43.0 Å². The zero-order valence-electron chi connectivity index (χ0n) is 14.3. The van der Waals surface area contributed by atoms with Crippen molar-refractivity contribution in [2.45, 2.75) is 51.4 Å². The van der Waals surface area contributed by atoms with Crippen molar-refractivity contribution in [3.63, 3.8) is 0 Å². The highest BCUT2D eigenvalue weighted by molar-refractivity contribution is 5.45. The van der Waals surface area contributed by atoms with Crippen molar-refractivity contribution >= 4 is 11.5 Å². The Kier molecular flexibility index (Phi) is 4.88. The third-order valence-corrected chi connectivity index (χ3v) is 4.79. The second-order valence-corrected chi connectivity index (χ2v) is 6.52. The van der Waals surface area contributed by atoms with Crippen LogP contribution in [0.1, 0.15) is 43.2 Å². The van der Waals surface area contributed by atoms with Gasteiger partial charge in [-0.3, -0.25) is 4.98 Å². The molecule has 0 spiro atoms. The van der Waals surface area contributed by atoms with Crippen LogP contribution in [0.3, 0.4) is 0 Å². The summed E-state index contributed by atoms with van der Waals surface area (Å²) in [5.41, 5.74) is 3.20. The van der Waals surface area contributed by atoms with Crippen LogP contribution in [0.5, 0.6) is 0 Å². The third kappa shape index (κ3) is 3.79. The van der Waals surface area contributed by atoms with Gasteiger partial charge in [-0.1, -0.05) is 43.5 Å². The molecule has 2 heterocycles. The monoisotopic (exact) mass is 337 g/mol. The lowest BCUT2D eigenvalue weighted by Crippen LogP contribution is -2.17. The molecule has 0 amide bonds. The first-order chi connectivity index (χ1) is 12.4. The smallest absolute Gasteiger partial charge is 0.175 e. The quantitative estimate of drug-likeness (QED) is 0.745. The van der Waals surface area contributed by atoms with Crippen LogP contribution in [-0.2, 0) is 17.9 Å². The molecule has 1 aliphatic rings. The standard InChI is InChI=1S/C19H23N5O/c1-2-8-17(9-3-1)25-13-16-7-5-4-6-15(16)10-21-18-11-20-12-19-22-14-23-24(18)19/h4-7,11-12,14,17,21H,1-3,8-10,13H2. The highest BCUT2D eigenvalue weighted by atomic mass is 16.5. The Morgan fingerprint density at radius 3 is 2.80 bits per heavy atom. The molecule has 6 nitrogen and oxygen atoms in total. The van der Waals surface area contributed by atoms with Crippen molar-refractivity contribution < 1.29 is 4.74 Å². The van der Waals surface area contributed by atoms with Gasteiger partial charge >= 0.3 is 0 Å². The average molecular weight is 337 g/mol. The molecule has 25 heavy (non-hydrogen) atoms. The molecule has 0 saturated heterocycles. The molecule has 0 unspecified atom stereocenters. The maximum absolute atomic E-state index is 6.15. The Morgan fingerprint density at radius 2 is 1.92 bits per heavy atom. The number of nitrogens with zero attached hydrogens (tertiary/aromatic N) is 4. The summed E-state index contributed by atoms with van der Waals surface area (Å²) >= 11 is 0. The molecule has 1 aliphatic carbocycles. The van der Waals surface area contributed by atoms with Crippen LogP contribution >= 0.6 is 0 Å². The van der Waals surface area contributed by atoms with Crippen molar-refractivity contribution in [1.82, 2.24) is 19.6 Å². The molecule has 4 rings (SSSR count). The zero-order valence-corrected chi connectivity index (χ0v) is 14.3. The van der Waals surface area contributed by atoms with E-state index in [0.717, 1.165) is 11.5 Å². The number of rotatable bonds is 6. The lowest BCUT2D eigenvalue weighted by atomic mass is 9.98. The summed E-state index contributed by atoms with van der Waals surface area (Å²) in [6.45, 7) is 1.37. The molecule has 1 aromatic carbocycles. The van der Waals surface area contributed by atoms with E-state index in [1.807, 2.05) is 0 Å². The van der Waals surface area contributed by atoms with Gasteiger partial charge in [0.2, 0.25) is 0 Å². The zero-order chi connectivity index (χ0) is 16.9. The van der Waals surface area contributed by atoms with E-state index in [4.69, 9.17) is 4.74 Å². The summed E-state index contributed by atoms with van der Waals surface area (Å²) in [5, 5.41) is 7.64. The van der Waals surface area contributed by atoms with Crippen molar-refractivity contribution in [2.24, 2.45) is 0 Å². The molecule has 0 radical (unpaired) electrons. The van der Waals surface area contributed by atoms with Crippen molar-refractivity contribution in [2.75, 3.05) is 5.32 Å². The summed E-state index contributed by atoms with van der Waals surface area (Å²) in [6.07, 6.45) is 11.7. The molecule has 0 bridgehead atoms. The first kappa shape index (κ1) is 16.0. The van der Waals surface area contributed by atoms with Crippen LogP contribution in [0, 0.1) is 0 Å². The lowest BCUT2D eigenvalue weighted by Gasteiger charge is -2.22. The average Bonchev–Trinajstić information content (AvgIpc) is 3.15. The number of fused-ring (bicyclic) bond motifs is 1. The molecule has 1 fully saturated rings. The van der Waals surface area contributed by atoms with E-state index in [0.29, 0.717) is 19.3 Å². The molecular weight excluding hydrogens is 314 g/mol. The van der Waals surface area contributed by atoms with E-state index in [1.54, 1.807) is 16.9 Å². The molecule has 1 saturated carbocycles. The summed E-state index contributed by atoms with van der Waals surface area (Å²) < 4.78 is 7.91. The SMILES string of the molecule is c1ccc(COC2CCCCC2)c(CNc2cncc3ncnn23)c1. The normalized spacial score (nSPS) is 15.5. The molecule has 3 aromatic rings. The maximum Gasteiger partial charge on any atom is 0.175 e. The molecule has 0 aliphatic heterocycles. The van der Waals surface area contributed by atoms with E-state index in [2.05, 4.69) is 44.6 Å². The number of ether oxygens (including phenoxy) is 1. The van der Waals surface area contributed by atoms with Crippen LogP contribution in [0.4, 0.5) is 5.82 Å². The fourth-order valence-electron chi connectivity index (χ4n) is 3.37. The van der Waals surface area contributed by atoms with Crippen molar-refractivity contribution in [1.29, 1.82) is 0 Å². The predicted molar refractivity (Wildman–Crippen MR) is 96.2 cm³/mol. The molecule has 0 atom stereocenters. The van der Waals surface area contributed by atoms with E-state index in [1.165, 1.54) is 49.6 Å². The second kappa shape index (κ2) is 7.61. The Balaban J connectivity index is 1.43. The van der Waals surface area contributed by atoms with E-state index in [9.17, 15) is 0 Å². The van der Waals surface area contributed by atoms with Gasteiger partial charge in [-0.2, -0.15) is 9.61 Å². The van der Waals surface area contributed by atoms with Gasteiger partial charge in [0.15, 0.2) is 5.65 Å². The number of benzene rings is 1. The fraction of sp³-hybridized carbons (Fsp3) is 0.421. The Hall–Kier alpha value is -2.47. The van der Waals surface area contributed by atoms with E-state index in [-0.39, 0.29) is 0 Å². The van der Waals surface area contributed by atoms with Crippen LogP contribution in [-0.4, -0.2) is 25.7 Å². The van der Waals surface area contributed by atoms with Crippen LogP contribution in [0.2, 0.25) is 0 Å². The number of hydrogen-bond donors (Lipinski definition) is 1. The summed E-state index contributed by atoms with van der Waals surface area (Å²) in [6, 6.07) is 8.42. The van der Waals surface area contributed by atoms with Crippen LogP contribution < -0.4 is 5.32 Å². The molecule has 2 aromatic heterocycles. The highest BCUT2D eigenvalue weighted by Crippen LogP contribution is 2.22. The minimum atomic E-state index is 0.419. The topological polar surface area (TPSA) is 64.3 Å². The van der Waals surface area contributed by atoms with Crippen molar-refractivity contribution in [3.8, 4) is 0 Å². The number of aromatic nitrogens is 4. The van der Waals surface area contributed by atoms with Gasteiger partial charge in [0.1, 0.15) is 12.1 Å². The molecule has 1 N–H and O–H groups in total. The largest absolute Gasteiger partial charge is 0.374 e. The lowest BCUT2D eigenvalue weighted by molar-refractivity contribution is 0.0166. The van der Waals surface area contributed by atoms with Gasteiger partial charge in [0.25, 0.3) is 0 Å². The van der Waals surface area contributed by atoms with Gasteiger partial charge in [0.05, 0.1) is 25.1 Å². The molecule has 6 heteroatoms. The Bertz CT molecular complexity index is 825. The van der Waals surface area contributed by atoms with Gasteiger partial charge < -0.3 is 10.1 Å². The number of anilines is 1. The minimum Gasteiger partial charge on any atom is -0.374 e. The first-order valence-electron chi connectivity index (χ1n) is 8.96. The van der Waals surface area contributed by atoms with Gasteiger partial charge in [0, 0.05) is 6.54 Å². The summed E-state index contributed by atoms with van der Waals surface area (Å²) in [5.74, 6) is 0.831. The van der Waals surface area contributed by atoms with Crippen molar-refractivity contribution in [3.05, 3.63) is 54.1 Å². The number of hydrogen-bond acceptors (Lipinski definition) is 5.